The van der Waals surface area contributed by atoms with E-state index in [2.05, 4.69) is 6.92 Å². The molecule has 4 N–H and O–H groups in total. The lowest BCUT2D eigenvalue weighted by atomic mass is 10.0. The van der Waals surface area contributed by atoms with E-state index in [1.165, 1.54) is 0 Å². The first-order chi connectivity index (χ1) is 8.15. The molecule has 0 saturated carbocycles. The van der Waals surface area contributed by atoms with Crippen molar-refractivity contribution < 1.29 is 9.47 Å². The van der Waals surface area contributed by atoms with Gasteiger partial charge in [0.1, 0.15) is 11.5 Å². The Morgan fingerprint density at radius 2 is 1.65 bits per heavy atom. The molecule has 0 heterocycles. The first-order valence-electron chi connectivity index (χ1n) is 5.85. The number of benzene rings is 1. The van der Waals surface area contributed by atoms with E-state index in [-0.39, 0.29) is 6.04 Å². The topological polar surface area (TPSA) is 70.5 Å². The van der Waals surface area contributed by atoms with Crippen molar-refractivity contribution in [2.75, 3.05) is 14.2 Å². The molecule has 1 aromatic rings. The first kappa shape index (κ1) is 13.8. The fourth-order valence-electron chi connectivity index (χ4n) is 1.77. The van der Waals surface area contributed by atoms with E-state index in [1.54, 1.807) is 14.2 Å². The molecular formula is C13H22N2O2. The minimum absolute atomic E-state index is 0.136. The van der Waals surface area contributed by atoms with Crippen LogP contribution in [0, 0.1) is 0 Å². The molecule has 0 radical (unpaired) electrons. The molecule has 0 aliphatic rings. The van der Waals surface area contributed by atoms with Crippen molar-refractivity contribution in [3.8, 4) is 11.5 Å². The van der Waals surface area contributed by atoms with E-state index < -0.39 is 0 Å². The maximum absolute atomic E-state index is 5.97. The van der Waals surface area contributed by atoms with Crippen LogP contribution in [0.2, 0.25) is 0 Å². The van der Waals surface area contributed by atoms with Gasteiger partial charge in [0.05, 0.1) is 14.2 Å². The third-order valence-corrected chi connectivity index (χ3v) is 2.91. The zero-order valence-electron chi connectivity index (χ0n) is 10.8. The summed E-state index contributed by atoms with van der Waals surface area (Å²) in [6.07, 6.45) is 1.71. The molecule has 1 aromatic carbocycles. The Morgan fingerprint density at radius 1 is 1.12 bits per heavy atom. The monoisotopic (exact) mass is 238 g/mol. The van der Waals surface area contributed by atoms with Gasteiger partial charge in [-0.2, -0.15) is 0 Å². The van der Waals surface area contributed by atoms with Crippen molar-refractivity contribution in [3.63, 3.8) is 0 Å². The van der Waals surface area contributed by atoms with Gasteiger partial charge in [0, 0.05) is 18.2 Å². The number of rotatable bonds is 6. The second-order valence-corrected chi connectivity index (χ2v) is 4.05. The fourth-order valence-corrected chi connectivity index (χ4v) is 1.77. The summed E-state index contributed by atoms with van der Waals surface area (Å²) in [5.41, 5.74) is 13.6. The molecule has 0 saturated heterocycles. The van der Waals surface area contributed by atoms with Gasteiger partial charge in [-0.3, -0.25) is 0 Å². The average molecular weight is 238 g/mol. The van der Waals surface area contributed by atoms with Crippen molar-refractivity contribution in [1.82, 2.24) is 0 Å². The molecule has 0 fully saturated rings. The number of methoxy groups -OCH3 is 2. The van der Waals surface area contributed by atoms with Crippen LogP contribution in [-0.4, -0.2) is 20.3 Å². The summed E-state index contributed by atoms with van der Waals surface area (Å²) in [5.74, 6) is 1.63. The minimum atomic E-state index is 0.136. The van der Waals surface area contributed by atoms with Crippen molar-refractivity contribution in [3.05, 3.63) is 23.3 Å². The van der Waals surface area contributed by atoms with Crippen LogP contribution in [0.25, 0.3) is 0 Å². The summed E-state index contributed by atoms with van der Waals surface area (Å²) in [7, 11) is 3.30. The Balaban J connectivity index is 3.09. The van der Waals surface area contributed by atoms with Crippen LogP contribution in [-0.2, 0) is 13.0 Å². The van der Waals surface area contributed by atoms with E-state index >= 15 is 0 Å². The second kappa shape index (κ2) is 6.47. The van der Waals surface area contributed by atoms with Crippen LogP contribution < -0.4 is 20.9 Å². The predicted octanol–water partition coefficient (Wildman–Crippen LogP) is 1.44. The molecule has 0 aliphatic carbocycles. The molecule has 1 unspecified atom stereocenters. The molecule has 17 heavy (non-hydrogen) atoms. The molecule has 96 valence electrons. The zero-order valence-corrected chi connectivity index (χ0v) is 10.8. The molecule has 0 aromatic heterocycles. The highest BCUT2D eigenvalue weighted by Crippen LogP contribution is 2.29. The smallest absolute Gasteiger partial charge is 0.123 e. The summed E-state index contributed by atoms with van der Waals surface area (Å²) in [4.78, 5) is 0. The second-order valence-electron chi connectivity index (χ2n) is 4.05. The highest BCUT2D eigenvalue weighted by Gasteiger charge is 2.12. The fraction of sp³-hybridized carbons (Fsp3) is 0.538. The Kier molecular flexibility index (Phi) is 5.25. The molecule has 0 amide bonds. The molecular weight excluding hydrogens is 216 g/mol. The summed E-state index contributed by atoms with van der Waals surface area (Å²) in [5, 5.41) is 0. The summed E-state index contributed by atoms with van der Waals surface area (Å²) in [6.45, 7) is 2.50. The maximum Gasteiger partial charge on any atom is 0.123 e. The van der Waals surface area contributed by atoms with Crippen LogP contribution in [0.15, 0.2) is 12.1 Å². The Morgan fingerprint density at radius 3 is 2.12 bits per heavy atom. The van der Waals surface area contributed by atoms with Crippen LogP contribution in [0.1, 0.15) is 24.5 Å². The number of ether oxygens (including phenoxy) is 2. The molecule has 0 aliphatic heterocycles. The lowest BCUT2D eigenvalue weighted by Gasteiger charge is -2.16. The van der Waals surface area contributed by atoms with Crippen LogP contribution in [0.4, 0.5) is 0 Å². The zero-order chi connectivity index (χ0) is 12.8. The third-order valence-electron chi connectivity index (χ3n) is 2.91. The summed E-state index contributed by atoms with van der Waals surface area (Å²) >= 11 is 0. The highest BCUT2D eigenvalue weighted by molar-refractivity contribution is 5.46. The van der Waals surface area contributed by atoms with E-state index in [0.717, 1.165) is 35.5 Å². The normalized spacial score (nSPS) is 12.3. The van der Waals surface area contributed by atoms with Gasteiger partial charge in [-0.05, 0) is 30.5 Å². The molecule has 0 bridgehead atoms. The largest absolute Gasteiger partial charge is 0.496 e. The van der Waals surface area contributed by atoms with E-state index in [0.29, 0.717) is 6.54 Å². The average Bonchev–Trinajstić information content (AvgIpc) is 2.37. The van der Waals surface area contributed by atoms with Crippen molar-refractivity contribution in [2.45, 2.75) is 32.4 Å². The number of hydrogen-bond donors (Lipinski definition) is 2. The van der Waals surface area contributed by atoms with Crippen molar-refractivity contribution in [2.24, 2.45) is 11.5 Å². The first-order valence-corrected chi connectivity index (χ1v) is 5.85. The van der Waals surface area contributed by atoms with Gasteiger partial charge in [-0.15, -0.1) is 0 Å². The van der Waals surface area contributed by atoms with Gasteiger partial charge in [-0.1, -0.05) is 6.92 Å². The van der Waals surface area contributed by atoms with Crippen LogP contribution >= 0.6 is 0 Å². The predicted molar refractivity (Wildman–Crippen MR) is 69.4 cm³/mol. The van der Waals surface area contributed by atoms with Crippen LogP contribution in [0.5, 0.6) is 11.5 Å². The Bertz CT molecular complexity index is 367. The lowest BCUT2D eigenvalue weighted by molar-refractivity contribution is 0.393. The Hall–Kier alpha value is -1.26. The molecule has 4 nitrogen and oxygen atoms in total. The standard InChI is InChI=1S/C13H22N2O2/c1-4-11(15)5-9-6-13(17-3)10(8-14)7-12(9)16-2/h6-7,11H,4-5,8,14-15H2,1-3H3. The molecule has 4 heteroatoms. The summed E-state index contributed by atoms with van der Waals surface area (Å²) in [6, 6.07) is 4.03. The third kappa shape index (κ3) is 3.35. The van der Waals surface area contributed by atoms with Crippen molar-refractivity contribution in [1.29, 1.82) is 0 Å². The quantitative estimate of drug-likeness (QED) is 0.786. The lowest BCUT2D eigenvalue weighted by Crippen LogP contribution is -2.21. The van der Waals surface area contributed by atoms with E-state index in [9.17, 15) is 0 Å². The summed E-state index contributed by atoms with van der Waals surface area (Å²) < 4.78 is 10.7. The van der Waals surface area contributed by atoms with Crippen LogP contribution in [0.3, 0.4) is 0 Å². The molecule has 0 spiro atoms. The van der Waals surface area contributed by atoms with Gasteiger partial charge in [-0.25, -0.2) is 0 Å². The van der Waals surface area contributed by atoms with Gasteiger partial charge in [0.15, 0.2) is 0 Å². The SMILES string of the molecule is CCC(N)Cc1cc(OC)c(CN)cc1OC. The van der Waals surface area contributed by atoms with E-state index in [1.807, 2.05) is 12.1 Å². The van der Waals surface area contributed by atoms with Gasteiger partial charge in [0.2, 0.25) is 0 Å². The maximum atomic E-state index is 5.97. The highest BCUT2D eigenvalue weighted by atomic mass is 16.5. The number of hydrogen-bond acceptors (Lipinski definition) is 4. The van der Waals surface area contributed by atoms with Crippen molar-refractivity contribution >= 4 is 0 Å². The van der Waals surface area contributed by atoms with Gasteiger partial charge in [0.25, 0.3) is 0 Å². The van der Waals surface area contributed by atoms with E-state index in [4.69, 9.17) is 20.9 Å². The number of nitrogens with two attached hydrogens (primary N) is 2. The van der Waals surface area contributed by atoms with Gasteiger partial charge < -0.3 is 20.9 Å². The Labute approximate surface area is 103 Å². The molecule has 1 rings (SSSR count). The minimum Gasteiger partial charge on any atom is -0.496 e. The molecule has 1 atom stereocenters. The van der Waals surface area contributed by atoms with Gasteiger partial charge >= 0.3 is 0 Å².